The molecule has 1 unspecified atom stereocenters. The Hall–Kier alpha value is -2.15. The highest BCUT2D eigenvalue weighted by atomic mass is 79.9. The lowest BCUT2D eigenvalue weighted by atomic mass is 9.77. The van der Waals surface area contributed by atoms with Gasteiger partial charge in [0.15, 0.2) is 11.4 Å². The number of benzene rings is 2. The zero-order chi connectivity index (χ0) is 23.9. The van der Waals surface area contributed by atoms with Crippen molar-refractivity contribution in [3.63, 3.8) is 0 Å². The molecule has 1 saturated carbocycles. The van der Waals surface area contributed by atoms with Crippen LogP contribution < -0.4 is 21.7 Å². The topological polar surface area (TPSA) is 55.5 Å². The van der Waals surface area contributed by atoms with Gasteiger partial charge < -0.3 is 35.7 Å². The lowest BCUT2D eigenvalue weighted by Gasteiger charge is -2.34. The number of halogens is 1. The van der Waals surface area contributed by atoms with Crippen LogP contribution in [0.2, 0.25) is 0 Å². The van der Waals surface area contributed by atoms with E-state index in [4.69, 9.17) is 9.15 Å². The molecule has 3 aromatic rings. The van der Waals surface area contributed by atoms with E-state index in [1.807, 2.05) is 60.7 Å². The van der Waals surface area contributed by atoms with Crippen molar-refractivity contribution < 1.29 is 35.7 Å². The Labute approximate surface area is 220 Å². The fraction of sp³-hybridized carbons (Fsp3) is 0.483. The van der Waals surface area contributed by atoms with Crippen LogP contribution in [-0.4, -0.2) is 41.8 Å². The summed E-state index contributed by atoms with van der Waals surface area (Å²) in [5, 5.41) is 12.1. The van der Waals surface area contributed by atoms with Crippen molar-refractivity contribution in [2.24, 2.45) is 5.92 Å². The first-order valence-electron chi connectivity index (χ1n) is 12.7. The first kappa shape index (κ1) is 27.4. The van der Waals surface area contributed by atoms with Crippen molar-refractivity contribution in [2.75, 3.05) is 27.2 Å². The SMILES string of the molecule is C[N+](C)(CCCOc1ccccc1)Cc1cnc(C(O)(c2ccccc2)C2CCCCCC2)o1.[Br-]. The molecule has 1 aliphatic carbocycles. The Balaban J connectivity index is 0.00000342. The number of aromatic nitrogens is 1. The van der Waals surface area contributed by atoms with Crippen molar-refractivity contribution in [3.8, 4) is 5.75 Å². The van der Waals surface area contributed by atoms with E-state index in [1.54, 1.807) is 6.20 Å². The Morgan fingerprint density at radius 1 is 0.971 bits per heavy atom. The molecule has 0 spiro atoms. The molecule has 0 aliphatic heterocycles. The monoisotopic (exact) mass is 542 g/mol. The summed E-state index contributed by atoms with van der Waals surface area (Å²) in [5.74, 6) is 2.27. The molecule has 35 heavy (non-hydrogen) atoms. The summed E-state index contributed by atoms with van der Waals surface area (Å²) in [6.45, 7) is 2.35. The maximum Gasteiger partial charge on any atom is 0.231 e. The third kappa shape index (κ3) is 7.18. The number of ether oxygens (including phenoxy) is 1. The normalized spacial score (nSPS) is 16.7. The van der Waals surface area contributed by atoms with E-state index in [0.29, 0.717) is 19.0 Å². The molecular weight excluding hydrogens is 504 g/mol. The largest absolute Gasteiger partial charge is 1.00 e. The van der Waals surface area contributed by atoms with Gasteiger partial charge in [-0.2, -0.15) is 0 Å². The highest BCUT2D eigenvalue weighted by Crippen LogP contribution is 2.43. The van der Waals surface area contributed by atoms with Crippen molar-refractivity contribution in [1.82, 2.24) is 4.98 Å². The van der Waals surface area contributed by atoms with Gasteiger partial charge in [-0.1, -0.05) is 74.2 Å². The average molecular weight is 544 g/mol. The first-order valence-corrected chi connectivity index (χ1v) is 12.7. The van der Waals surface area contributed by atoms with Crippen LogP contribution in [0.15, 0.2) is 71.3 Å². The highest BCUT2D eigenvalue weighted by molar-refractivity contribution is 5.30. The zero-order valence-electron chi connectivity index (χ0n) is 21.0. The van der Waals surface area contributed by atoms with Gasteiger partial charge in [0.25, 0.3) is 0 Å². The van der Waals surface area contributed by atoms with Crippen molar-refractivity contribution >= 4 is 0 Å². The molecule has 0 bridgehead atoms. The smallest absolute Gasteiger partial charge is 0.231 e. The second kappa shape index (κ2) is 12.7. The molecule has 1 aromatic heterocycles. The molecule has 2 aromatic carbocycles. The summed E-state index contributed by atoms with van der Waals surface area (Å²) in [6.07, 6.45) is 9.48. The predicted molar refractivity (Wildman–Crippen MR) is 134 cm³/mol. The number of hydrogen-bond donors (Lipinski definition) is 1. The molecule has 1 heterocycles. The summed E-state index contributed by atoms with van der Waals surface area (Å²) in [6, 6.07) is 19.9. The predicted octanol–water partition coefficient (Wildman–Crippen LogP) is 2.93. The molecule has 0 saturated heterocycles. The summed E-state index contributed by atoms with van der Waals surface area (Å²) in [5.41, 5.74) is -0.313. The highest BCUT2D eigenvalue weighted by Gasteiger charge is 2.44. The number of quaternary nitrogens is 1. The minimum absolute atomic E-state index is 0. The van der Waals surface area contributed by atoms with E-state index in [1.165, 1.54) is 12.8 Å². The summed E-state index contributed by atoms with van der Waals surface area (Å²) < 4.78 is 12.9. The number of hydrogen-bond acceptors (Lipinski definition) is 4. The third-order valence-electron chi connectivity index (χ3n) is 7.04. The molecule has 4 rings (SSSR count). The van der Waals surface area contributed by atoms with Gasteiger partial charge >= 0.3 is 0 Å². The Kier molecular flexibility index (Phi) is 9.96. The van der Waals surface area contributed by atoms with Crippen LogP contribution in [-0.2, 0) is 12.1 Å². The standard InChI is InChI=1S/C29H39N2O3.BrH/c1-31(2,20-13-21-33-26-18-11-6-12-19-26)23-27-22-30-28(34-27)29(32,25-16-9-5-10-17-25)24-14-7-3-4-8-15-24;/h5-6,9-12,16-19,22,24,32H,3-4,7-8,13-15,20-21,23H2,1-2H3;1H/q+1;/p-1. The van der Waals surface area contributed by atoms with Gasteiger partial charge in [0.2, 0.25) is 5.89 Å². The maximum atomic E-state index is 12.1. The number of rotatable bonds is 10. The zero-order valence-corrected chi connectivity index (χ0v) is 22.6. The van der Waals surface area contributed by atoms with E-state index in [-0.39, 0.29) is 22.9 Å². The second-order valence-corrected chi connectivity index (χ2v) is 10.3. The Morgan fingerprint density at radius 3 is 2.26 bits per heavy atom. The fourth-order valence-corrected chi connectivity index (χ4v) is 5.18. The van der Waals surface area contributed by atoms with Crippen LogP contribution in [0.5, 0.6) is 5.75 Å². The van der Waals surface area contributed by atoms with E-state index in [0.717, 1.165) is 60.2 Å². The van der Waals surface area contributed by atoms with Gasteiger partial charge in [-0.15, -0.1) is 0 Å². The quantitative estimate of drug-likeness (QED) is 0.243. The molecular formula is C29H39BrN2O3. The summed E-state index contributed by atoms with van der Waals surface area (Å²) in [7, 11) is 4.39. The van der Waals surface area contributed by atoms with Crippen LogP contribution in [0.25, 0.3) is 0 Å². The Morgan fingerprint density at radius 2 is 1.60 bits per heavy atom. The summed E-state index contributed by atoms with van der Waals surface area (Å²) in [4.78, 5) is 4.64. The number of oxazole rings is 1. The van der Waals surface area contributed by atoms with Gasteiger partial charge in [-0.3, -0.25) is 0 Å². The van der Waals surface area contributed by atoms with Gasteiger partial charge in [-0.25, -0.2) is 4.98 Å². The average Bonchev–Trinajstić information content (AvgIpc) is 3.13. The molecule has 1 N–H and O–H groups in total. The van der Waals surface area contributed by atoms with Gasteiger partial charge in [0.05, 0.1) is 33.4 Å². The minimum Gasteiger partial charge on any atom is -1.00 e. The van der Waals surface area contributed by atoms with Crippen molar-refractivity contribution in [3.05, 3.63) is 84.1 Å². The molecule has 5 nitrogen and oxygen atoms in total. The minimum atomic E-state index is -1.19. The van der Waals surface area contributed by atoms with Crippen LogP contribution in [0.4, 0.5) is 0 Å². The van der Waals surface area contributed by atoms with Gasteiger partial charge in [0.1, 0.15) is 12.3 Å². The van der Waals surface area contributed by atoms with Crippen LogP contribution in [0, 0.1) is 5.92 Å². The maximum absolute atomic E-state index is 12.1. The van der Waals surface area contributed by atoms with Crippen LogP contribution >= 0.6 is 0 Å². The molecule has 1 aliphatic rings. The van der Waals surface area contributed by atoms with Gasteiger partial charge in [0, 0.05) is 12.3 Å². The molecule has 0 radical (unpaired) electrons. The van der Waals surface area contributed by atoms with E-state index in [9.17, 15) is 5.11 Å². The van der Waals surface area contributed by atoms with E-state index < -0.39 is 5.60 Å². The first-order chi connectivity index (χ1) is 16.5. The lowest BCUT2D eigenvalue weighted by molar-refractivity contribution is -0.904. The molecule has 6 heteroatoms. The number of nitrogens with zero attached hydrogens (tertiary/aromatic N) is 2. The number of para-hydroxylation sites is 1. The Bertz CT molecular complexity index is 1000. The van der Waals surface area contributed by atoms with Gasteiger partial charge in [-0.05, 0) is 30.5 Å². The fourth-order valence-electron chi connectivity index (χ4n) is 5.18. The van der Waals surface area contributed by atoms with E-state index in [2.05, 4.69) is 19.1 Å². The third-order valence-corrected chi connectivity index (χ3v) is 7.04. The number of aliphatic hydroxyl groups is 1. The molecule has 1 atom stereocenters. The lowest BCUT2D eigenvalue weighted by Crippen LogP contribution is -3.00. The summed E-state index contributed by atoms with van der Waals surface area (Å²) >= 11 is 0. The van der Waals surface area contributed by atoms with Crippen LogP contribution in [0.3, 0.4) is 0 Å². The second-order valence-electron chi connectivity index (χ2n) is 10.3. The van der Waals surface area contributed by atoms with Crippen molar-refractivity contribution in [2.45, 2.75) is 57.1 Å². The molecule has 1 fully saturated rings. The van der Waals surface area contributed by atoms with E-state index >= 15 is 0 Å². The van der Waals surface area contributed by atoms with Crippen LogP contribution in [0.1, 0.15) is 62.2 Å². The molecule has 190 valence electrons. The van der Waals surface area contributed by atoms with Crippen molar-refractivity contribution in [1.29, 1.82) is 0 Å². The molecule has 0 amide bonds.